The third-order valence-corrected chi connectivity index (χ3v) is 3.18. The number of nitrogens with one attached hydrogen (secondary N) is 1. The molecule has 0 heterocycles. The highest BCUT2D eigenvalue weighted by Gasteiger charge is 2.08. The summed E-state index contributed by atoms with van der Waals surface area (Å²) in [6, 6.07) is 6.35. The molecule has 0 atom stereocenters. The van der Waals surface area contributed by atoms with Crippen LogP contribution in [0.1, 0.15) is 5.56 Å². The molecule has 1 aromatic carbocycles. The van der Waals surface area contributed by atoms with E-state index in [-0.39, 0.29) is 5.82 Å². The second-order valence-corrected chi connectivity index (χ2v) is 4.64. The van der Waals surface area contributed by atoms with Gasteiger partial charge in [0.15, 0.2) is 5.11 Å². The summed E-state index contributed by atoms with van der Waals surface area (Å²) in [6.07, 6.45) is 0. The van der Waals surface area contributed by atoms with E-state index in [4.69, 9.17) is 21.7 Å². The van der Waals surface area contributed by atoms with E-state index in [0.717, 1.165) is 5.56 Å². The van der Waals surface area contributed by atoms with E-state index in [1.165, 1.54) is 12.1 Å². The summed E-state index contributed by atoms with van der Waals surface area (Å²) in [4.78, 5) is 1.99. The Morgan fingerprint density at radius 3 is 2.20 bits per heavy atom. The van der Waals surface area contributed by atoms with E-state index in [2.05, 4.69) is 5.32 Å². The number of nitrogens with zero attached hydrogens (tertiary/aromatic N) is 1. The largest absolute Gasteiger partial charge is 0.383 e. The fraction of sp³-hybridized carbons (Fsp3) is 0.500. The van der Waals surface area contributed by atoms with E-state index < -0.39 is 0 Å². The first-order chi connectivity index (χ1) is 9.67. The monoisotopic (exact) mass is 300 g/mol. The van der Waals surface area contributed by atoms with Crippen molar-refractivity contribution in [1.82, 2.24) is 10.2 Å². The summed E-state index contributed by atoms with van der Waals surface area (Å²) in [7, 11) is 3.31. The molecule has 0 bridgehead atoms. The van der Waals surface area contributed by atoms with E-state index in [1.54, 1.807) is 26.4 Å². The summed E-state index contributed by atoms with van der Waals surface area (Å²) < 4.78 is 22.9. The Morgan fingerprint density at radius 1 is 1.15 bits per heavy atom. The van der Waals surface area contributed by atoms with Crippen LogP contribution in [0, 0.1) is 5.82 Å². The van der Waals surface area contributed by atoms with Gasteiger partial charge in [0.1, 0.15) is 5.82 Å². The number of benzene rings is 1. The molecule has 0 fully saturated rings. The van der Waals surface area contributed by atoms with Gasteiger partial charge in [0.05, 0.1) is 13.2 Å². The third-order valence-electron chi connectivity index (χ3n) is 2.77. The Balaban J connectivity index is 2.45. The van der Waals surface area contributed by atoms with E-state index in [1.807, 2.05) is 4.90 Å². The molecule has 112 valence electrons. The molecule has 4 nitrogen and oxygen atoms in total. The highest BCUT2D eigenvalue weighted by Crippen LogP contribution is 2.02. The van der Waals surface area contributed by atoms with Crippen LogP contribution in [0.25, 0.3) is 0 Å². The zero-order valence-corrected chi connectivity index (χ0v) is 12.7. The number of halogens is 1. The van der Waals surface area contributed by atoms with Crippen LogP contribution in [0.5, 0.6) is 0 Å². The zero-order valence-electron chi connectivity index (χ0n) is 11.9. The van der Waals surface area contributed by atoms with Gasteiger partial charge in [-0.25, -0.2) is 4.39 Å². The molecule has 0 radical (unpaired) electrons. The smallest absolute Gasteiger partial charge is 0.169 e. The molecule has 20 heavy (non-hydrogen) atoms. The average Bonchev–Trinajstić information content (AvgIpc) is 2.46. The number of hydrogen-bond donors (Lipinski definition) is 1. The Morgan fingerprint density at radius 2 is 1.70 bits per heavy atom. The molecule has 0 amide bonds. The van der Waals surface area contributed by atoms with Crippen LogP contribution in [0.4, 0.5) is 4.39 Å². The number of hydrogen-bond acceptors (Lipinski definition) is 3. The SMILES string of the molecule is COCCN(CCOC)C(=S)NCc1ccc(F)cc1. The molecule has 0 saturated heterocycles. The van der Waals surface area contributed by atoms with Gasteiger partial charge in [-0.3, -0.25) is 0 Å². The van der Waals surface area contributed by atoms with Crippen LogP contribution in [0.2, 0.25) is 0 Å². The maximum Gasteiger partial charge on any atom is 0.169 e. The van der Waals surface area contributed by atoms with Crippen molar-refractivity contribution in [3.8, 4) is 0 Å². The molecule has 1 N–H and O–H groups in total. The molecular formula is C14H21FN2O2S. The summed E-state index contributed by atoms with van der Waals surface area (Å²) in [6.45, 7) is 3.17. The van der Waals surface area contributed by atoms with Crippen LogP contribution >= 0.6 is 12.2 Å². The average molecular weight is 300 g/mol. The molecule has 1 rings (SSSR count). The van der Waals surface area contributed by atoms with Gasteiger partial charge in [-0.15, -0.1) is 0 Å². The lowest BCUT2D eigenvalue weighted by molar-refractivity contribution is 0.146. The van der Waals surface area contributed by atoms with E-state index >= 15 is 0 Å². The van der Waals surface area contributed by atoms with Crippen LogP contribution < -0.4 is 5.32 Å². The van der Waals surface area contributed by atoms with Crippen molar-refractivity contribution in [2.75, 3.05) is 40.5 Å². The Hall–Kier alpha value is -1.24. The second-order valence-electron chi connectivity index (χ2n) is 4.26. The minimum atomic E-state index is -0.238. The minimum Gasteiger partial charge on any atom is -0.383 e. The molecule has 0 aliphatic carbocycles. The molecule has 0 aliphatic rings. The predicted molar refractivity (Wildman–Crippen MR) is 81.2 cm³/mol. The van der Waals surface area contributed by atoms with Crippen LogP contribution in [-0.2, 0) is 16.0 Å². The Bertz CT molecular complexity index is 393. The fourth-order valence-corrected chi connectivity index (χ4v) is 1.86. The molecule has 0 unspecified atom stereocenters. The van der Waals surface area contributed by atoms with Crippen molar-refractivity contribution in [1.29, 1.82) is 0 Å². The first-order valence-corrected chi connectivity index (χ1v) is 6.83. The van der Waals surface area contributed by atoms with Gasteiger partial charge in [-0.2, -0.15) is 0 Å². The van der Waals surface area contributed by atoms with E-state index in [9.17, 15) is 4.39 Å². The number of methoxy groups -OCH3 is 2. The van der Waals surface area contributed by atoms with Crippen molar-refractivity contribution in [3.63, 3.8) is 0 Å². The maximum atomic E-state index is 12.8. The van der Waals surface area contributed by atoms with Gasteiger partial charge in [-0.05, 0) is 29.9 Å². The Labute approximate surface area is 124 Å². The maximum absolute atomic E-state index is 12.8. The molecule has 0 spiro atoms. The van der Waals surface area contributed by atoms with E-state index in [0.29, 0.717) is 38.0 Å². The molecular weight excluding hydrogens is 279 g/mol. The van der Waals surface area contributed by atoms with Gasteiger partial charge in [-0.1, -0.05) is 12.1 Å². The highest BCUT2D eigenvalue weighted by molar-refractivity contribution is 7.80. The Kier molecular flexibility index (Phi) is 8.10. The topological polar surface area (TPSA) is 33.7 Å². The van der Waals surface area contributed by atoms with Gasteiger partial charge in [0, 0.05) is 33.9 Å². The first kappa shape index (κ1) is 16.8. The van der Waals surface area contributed by atoms with Crippen LogP contribution in [-0.4, -0.2) is 50.5 Å². The standard InChI is InChI=1S/C14H21FN2O2S/c1-18-9-7-17(8-10-19-2)14(20)16-11-12-3-5-13(15)6-4-12/h3-6H,7-11H2,1-2H3,(H,16,20). The first-order valence-electron chi connectivity index (χ1n) is 6.42. The summed E-state index contributed by atoms with van der Waals surface area (Å²) in [5.74, 6) is -0.238. The molecule has 0 aliphatic heterocycles. The third kappa shape index (κ3) is 6.27. The molecule has 6 heteroatoms. The van der Waals surface area contributed by atoms with Crippen molar-refractivity contribution in [2.45, 2.75) is 6.54 Å². The second kappa shape index (κ2) is 9.63. The summed E-state index contributed by atoms with van der Waals surface area (Å²) in [5, 5.41) is 3.80. The number of thiocarbonyl (C=S) groups is 1. The van der Waals surface area contributed by atoms with Gasteiger partial charge >= 0.3 is 0 Å². The lowest BCUT2D eigenvalue weighted by Crippen LogP contribution is -2.42. The van der Waals surface area contributed by atoms with Crippen molar-refractivity contribution >= 4 is 17.3 Å². The molecule has 0 aromatic heterocycles. The van der Waals surface area contributed by atoms with Crippen molar-refractivity contribution in [2.24, 2.45) is 0 Å². The highest BCUT2D eigenvalue weighted by atomic mass is 32.1. The number of ether oxygens (including phenoxy) is 2. The minimum absolute atomic E-state index is 0.238. The summed E-state index contributed by atoms with van der Waals surface area (Å²) in [5.41, 5.74) is 0.979. The lowest BCUT2D eigenvalue weighted by atomic mass is 10.2. The van der Waals surface area contributed by atoms with Crippen LogP contribution in [0.3, 0.4) is 0 Å². The predicted octanol–water partition coefficient (Wildman–Crippen LogP) is 1.79. The van der Waals surface area contributed by atoms with Gasteiger partial charge in [0.25, 0.3) is 0 Å². The molecule has 1 aromatic rings. The quantitative estimate of drug-likeness (QED) is 0.740. The van der Waals surface area contributed by atoms with Gasteiger partial charge in [0.2, 0.25) is 0 Å². The summed E-state index contributed by atoms with van der Waals surface area (Å²) >= 11 is 5.36. The van der Waals surface area contributed by atoms with Crippen LogP contribution in [0.15, 0.2) is 24.3 Å². The number of rotatable bonds is 8. The fourth-order valence-electron chi connectivity index (χ4n) is 1.61. The van der Waals surface area contributed by atoms with Crippen molar-refractivity contribution in [3.05, 3.63) is 35.6 Å². The molecule has 0 saturated carbocycles. The normalized spacial score (nSPS) is 10.3. The van der Waals surface area contributed by atoms with Crippen molar-refractivity contribution < 1.29 is 13.9 Å². The van der Waals surface area contributed by atoms with Gasteiger partial charge < -0.3 is 19.7 Å². The zero-order chi connectivity index (χ0) is 14.8. The lowest BCUT2D eigenvalue weighted by Gasteiger charge is -2.25.